The fourth-order valence-electron chi connectivity index (χ4n) is 3.68. The first-order chi connectivity index (χ1) is 14.5. The van der Waals surface area contributed by atoms with Crippen LogP contribution in [-0.2, 0) is 38.8 Å². The quantitative estimate of drug-likeness (QED) is 0.312. The van der Waals surface area contributed by atoms with Crippen molar-refractivity contribution in [2.45, 2.75) is 38.8 Å². The van der Waals surface area contributed by atoms with Gasteiger partial charge in [0, 0.05) is 48.9 Å². The molecular weight excluding hydrogens is 415 g/mol. The lowest BCUT2D eigenvalue weighted by Crippen LogP contribution is -2.38. The van der Waals surface area contributed by atoms with Crippen LogP contribution in [0.4, 0.5) is 0 Å². The number of hydrogen-bond acceptors (Lipinski definition) is 0. The molecule has 0 fully saturated rings. The largest absolute Gasteiger partial charge is 0.397 e. The van der Waals surface area contributed by atoms with Gasteiger partial charge in [-0.1, -0.05) is 49.6 Å². The highest BCUT2D eigenvalue weighted by Gasteiger charge is 2.39. The average molecular weight is 445 g/mol. The summed E-state index contributed by atoms with van der Waals surface area (Å²) < 4.78 is 7.96. The van der Waals surface area contributed by atoms with E-state index in [0.29, 0.717) is 49.3 Å². The van der Waals surface area contributed by atoms with Gasteiger partial charge in [-0.2, -0.15) is 0 Å². The van der Waals surface area contributed by atoms with E-state index in [4.69, 9.17) is 23.2 Å². The average Bonchev–Trinajstić information content (AvgIpc) is 3.10. The predicted octanol–water partition coefficient (Wildman–Crippen LogP) is 4.77. The van der Waals surface area contributed by atoms with Crippen LogP contribution in [0.3, 0.4) is 0 Å². The van der Waals surface area contributed by atoms with Gasteiger partial charge in [-0.05, 0) is 9.35 Å². The van der Waals surface area contributed by atoms with Gasteiger partial charge in [0.15, 0.2) is 22.8 Å². The van der Waals surface area contributed by atoms with Gasteiger partial charge in [-0.3, -0.25) is 0 Å². The molecule has 6 heteroatoms. The van der Waals surface area contributed by atoms with E-state index in [-0.39, 0.29) is 0 Å². The summed E-state index contributed by atoms with van der Waals surface area (Å²) in [5.74, 6) is 0. The fourth-order valence-corrected chi connectivity index (χ4v) is 4.37. The zero-order valence-corrected chi connectivity index (χ0v) is 19.0. The molecule has 0 atom stereocenters. The van der Waals surface area contributed by atoms with Crippen LogP contribution in [0.15, 0.2) is 75.9 Å². The summed E-state index contributed by atoms with van der Waals surface area (Å²) >= 11 is 13.9. The Bertz CT molecular complexity index is 912. The number of allylic oxidation sites excluding steroid dienone is 6. The third kappa shape index (κ3) is 4.30. The van der Waals surface area contributed by atoms with E-state index in [1.807, 2.05) is 54.9 Å². The first kappa shape index (κ1) is 23.7. The summed E-state index contributed by atoms with van der Waals surface area (Å²) in [5, 5.41) is 1.06. The number of rotatable bonds is 13. The Balaban J connectivity index is 3.01. The molecule has 0 radical (unpaired) electrons. The molecule has 2 aromatic rings. The molecule has 0 aliphatic rings. The smallest absolute Gasteiger partial charge is 0.209 e. The minimum absolute atomic E-state index is 0.529. The molecule has 0 spiro atoms. The van der Waals surface area contributed by atoms with Crippen LogP contribution in [0.5, 0.6) is 0 Å². The number of aromatic nitrogens is 4. The lowest BCUT2D eigenvalue weighted by Gasteiger charge is -2.01. The first-order valence-electron chi connectivity index (χ1n) is 9.81. The Labute approximate surface area is 189 Å². The maximum absolute atomic E-state index is 6.93. The Morgan fingerprint density at radius 3 is 1.17 bits per heavy atom. The van der Waals surface area contributed by atoms with Gasteiger partial charge >= 0.3 is 10.6 Å². The van der Waals surface area contributed by atoms with Crippen molar-refractivity contribution in [3.63, 3.8) is 0 Å². The van der Waals surface area contributed by atoms with Crippen LogP contribution < -0.4 is 9.13 Å². The van der Waals surface area contributed by atoms with Crippen LogP contribution in [-0.4, -0.2) is 9.35 Å². The maximum atomic E-state index is 6.93. The van der Waals surface area contributed by atoms with Crippen molar-refractivity contribution >= 4 is 23.2 Å². The number of nitrogens with zero attached hydrogens (tertiary/aromatic N) is 4. The van der Waals surface area contributed by atoms with Gasteiger partial charge < -0.3 is 0 Å². The second-order valence-electron chi connectivity index (χ2n) is 6.72. The Morgan fingerprint density at radius 2 is 0.900 bits per heavy atom. The van der Waals surface area contributed by atoms with Gasteiger partial charge in [-0.25, -0.2) is 9.13 Å². The molecular formula is C24H30Cl2N4+2. The van der Waals surface area contributed by atoms with Crippen molar-refractivity contribution in [3.8, 4) is 0 Å². The van der Waals surface area contributed by atoms with E-state index in [1.165, 1.54) is 0 Å². The highest BCUT2D eigenvalue weighted by atomic mass is 35.5. The van der Waals surface area contributed by atoms with Gasteiger partial charge in [-0.15, -0.1) is 26.3 Å². The van der Waals surface area contributed by atoms with Crippen molar-refractivity contribution < 1.29 is 9.13 Å². The summed E-state index contributed by atoms with van der Waals surface area (Å²) in [6.45, 7) is 24.6. The third-order valence-corrected chi connectivity index (χ3v) is 5.53. The zero-order valence-electron chi connectivity index (χ0n) is 17.5. The third-order valence-electron chi connectivity index (χ3n) is 4.80. The molecule has 0 saturated heterocycles. The molecule has 2 aromatic heterocycles. The lowest BCUT2D eigenvalue weighted by molar-refractivity contribution is -0.693. The predicted molar refractivity (Wildman–Crippen MR) is 126 cm³/mol. The molecule has 0 aliphatic carbocycles. The van der Waals surface area contributed by atoms with Crippen LogP contribution in [0.25, 0.3) is 0 Å². The van der Waals surface area contributed by atoms with Crippen LogP contribution >= 0.6 is 23.2 Å². The van der Waals surface area contributed by atoms with Crippen molar-refractivity contribution in [2.75, 3.05) is 0 Å². The van der Waals surface area contributed by atoms with Crippen LogP contribution in [0, 0.1) is 0 Å². The number of hydrogen-bond donors (Lipinski definition) is 0. The van der Waals surface area contributed by atoms with E-state index in [2.05, 4.69) is 39.5 Å². The maximum Gasteiger partial charge on any atom is 0.397 e. The molecule has 0 amide bonds. The van der Waals surface area contributed by atoms with Crippen molar-refractivity contribution in [3.05, 3.63) is 109 Å². The molecule has 0 bridgehead atoms. The minimum Gasteiger partial charge on any atom is -0.209 e. The molecule has 4 nitrogen and oxygen atoms in total. The highest BCUT2D eigenvalue weighted by molar-refractivity contribution is 6.28. The van der Waals surface area contributed by atoms with Gasteiger partial charge in [0.1, 0.15) is 13.1 Å². The number of imidazole rings is 2. The molecule has 0 aliphatic heterocycles. The molecule has 158 valence electrons. The second-order valence-corrected chi connectivity index (χ2v) is 7.39. The highest BCUT2D eigenvalue weighted by Crippen LogP contribution is 2.24. The monoisotopic (exact) mass is 444 g/mol. The topological polar surface area (TPSA) is 17.6 Å². The Kier molecular flexibility index (Phi) is 8.70. The van der Waals surface area contributed by atoms with E-state index in [0.717, 1.165) is 22.8 Å². The summed E-state index contributed by atoms with van der Waals surface area (Å²) in [6, 6.07) is 0. The van der Waals surface area contributed by atoms with Crippen LogP contribution in [0.1, 0.15) is 22.8 Å². The SMILES string of the molecule is C=CCc1c(CC=C)[n+](CC=C)c(Cl)n1-n1c(CC=C)c(CC=C)[n+](CC=C)c1Cl. The van der Waals surface area contributed by atoms with E-state index < -0.39 is 0 Å². The fraction of sp³-hybridized carbons (Fsp3) is 0.250. The second kappa shape index (κ2) is 11.0. The van der Waals surface area contributed by atoms with E-state index >= 15 is 0 Å². The first-order valence-corrected chi connectivity index (χ1v) is 10.6. The van der Waals surface area contributed by atoms with Gasteiger partial charge in [0.2, 0.25) is 0 Å². The van der Waals surface area contributed by atoms with Gasteiger partial charge in [0.05, 0.1) is 0 Å². The Morgan fingerprint density at radius 1 is 0.567 bits per heavy atom. The number of halogens is 2. The standard InChI is InChI=1S/C24H30Cl2N4/c1-7-13-19-21(15-9-3)29(23(25)27(19)17-11-5)30-22(16-10-4)20(14-8-2)28(18-12-6)24(30)26/h7-12H,1-6,13-18H2/q+2. The summed E-state index contributed by atoms with van der Waals surface area (Å²) in [5.41, 5.74) is 4.08. The summed E-state index contributed by atoms with van der Waals surface area (Å²) in [7, 11) is 0. The summed E-state index contributed by atoms with van der Waals surface area (Å²) in [6.07, 6.45) is 13.7. The van der Waals surface area contributed by atoms with E-state index in [1.54, 1.807) is 0 Å². The van der Waals surface area contributed by atoms with E-state index in [9.17, 15) is 0 Å². The van der Waals surface area contributed by atoms with Gasteiger partial charge in [0.25, 0.3) is 0 Å². The Hall–Kier alpha value is -2.56. The molecule has 30 heavy (non-hydrogen) atoms. The normalized spacial score (nSPS) is 10.6. The van der Waals surface area contributed by atoms with Crippen LogP contribution in [0.2, 0.25) is 10.6 Å². The molecule has 2 rings (SSSR count). The van der Waals surface area contributed by atoms with Crippen molar-refractivity contribution in [1.82, 2.24) is 9.35 Å². The molecule has 0 N–H and O–H groups in total. The summed E-state index contributed by atoms with van der Waals surface area (Å²) in [4.78, 5) is 0. The zero-order chi connectivity index (χ0) is 22.3. The van der Waals surface area contributed by atoms with Crippen molar-refractivity contribution in [1.29, 1.82) is 0 Å². The minimum atomic E-state index is 0.529. The molecule has 0 aromatic carbocycles. The molecule has 2 heterocycles. The van der Waals surface area contributed by atoms with Crippen molar-refractivity contribution in [2.24, 2.45) is 0 Å². The molecule has 0 saturated carbocycles. The molecule has 0 unspecified atom stereocenters. The lowest BCUT2D eigenvalue weighted by atomic mass is 10.2.